The van der Waals surface area contributed by atoms with Gasteiger partial charge < -0.3 is 19.3 Å². The Morgan fingerprint density at radius 2 is 1.11 bits per heavy atom. The van der Waals surface area contributed by atoms with Crippen molar-refractivity contribution >= 4 is 23.4 Å². The smallest absolute Gasteiger partial charge is 0.219 e. The first-order valence-corrected chi connectivity index (χ1v) is 20.1. The van der Waals surface area contributed by atoms with E-state index in [1.54, 1.807) is 40.2 Å². The van der Waals surface area contributed by atoms with Crippen LogP contribution in [0.2, 0.25) is 5.02 Å². The first-order valence-electron chi connectivity index (χ1n) is 19.7. The van der Waals surface area contributed by atoms with E-state index in [9.17, 15) is 9.59 Å². The van der Waals surface area contributed by atoms with Gasteiger partial charge in [-0.2, -0.15) is 0 Å². The molecule has 6 heterocycles. The summed E-state index contributed by atoms with van der Waals surface area (Å²) in [5.74, 6) is 1.04. The zero-order valence-corrected chi connectivity index (χ0v) is 33.1. The fraction of sp³-hybridized carbons (Fsp3) is 0.455. The van der Waals surface area contributed by atoms with Crippen molar-refractivity contribution in [2.75, 3.05) is 66.6 Å². The number of halogens is 2. The minimum absolute atomic E-state index is 0.144. The summed E-state index contributed by atoms with van der Waals surface area (Å²) < 4.78 is 28.6. The standard InChI is InChI=1S/C44H46ClFN6O4/c1-25(53)49-17-43(18-49)21-51(22-43)35-13-11-27-15-33(47-41(55-3)37(27)35)31-9-5-7-29(39(31)45)30-8-6-10-32(40(30)46)34-16-28-12-14-36(38(28)42(48-34)56-4)52-23-44(24-52)19-50(20-44)26(2)54/h5-10,15-16,35-36H,11-14,17-24H2,1-4H3/t35?,36-/m1/s1. The number of ether oxygens (including phenoxy) is 2. The van der Waals surface area contributed by atoms with Gasteiger partial charge in [0.1, 0.15) is 5.82 Å². The van der Waals surface area contributed by atoms with Crippen LogP contribution in [-0.4, -0.2) is 108 Å². The van der Waals surface area contributed by atoms with E-state index >= 15 is 4.39 Å². The van der Waals surface area contributed by atoms with Gasteiger partial charge in [0.05, 0.1) is 30.6 Å². The predicted octanol–water partition coefficient (Wildman–Crippen LogP) is 6.59. The van der Waals surface area contributed by atoms with E-state index in [0.29, 0.717) is 50.4 Å². The number of aryl methyl sites for hydroxylation is 2. The summed E-state index contributed by atoms with van der Waals surface area (Å²) in [5.41, 5.74) is 8.29. The summed E-state index contributed by atoms with van der Waals surface area (Å²) in [7, 11) is 3.30. The van der Waals surface area contributed by atoms with Crippen LogP contribution in [0.25, 0.3) is 33.6 Å². The predicted molar refractivity (Wildman–Crippen MR) is 211 cm³/mol. The molecule has 56 heavy (non-hydrogen) atoms. The van der Waals surface area contributed by atoms with Crippen LogP contribution in [0.15, 0.2) is 48.5 Å². The molecule has 4 aliphatic heterocycles. The molecule has 4 aromatic rings. The van der Waals surface area contributed by atoms with Gasteiger partial charge in [-0.3, -0.25) is 19.4 Å². The number of pyridine rings is 2. The second-order valence-corrected chi connectivity index (χ2v) is 17.6. The van der Waals surface area contributed by atoms with Crippen LogP contribution < -0.4 is 9.47 Å². The lowest BCUT2D eigenvalue weighted by atomic mass is 9.72. The molecule has 10 nitrogen and oxygen atoms in total. The fourth-order valence-corrected chi connectivity index (χ4v) is 11.1. The van der Waals surface area contributed by atoms with Crippen LogP contribution in [0.1, 0.15) is 61.0 Å². The van der Waals surface area contributed by atoms with Crippen molar-refractivity contribution in [1.82, 2.24) is 29.6 Å². The average Bonchev–Trinajstić information content (AvgIpc) is 3.73. The number of carbonyl (C=O) groups is 2. The SMILES string of the molecule is COc1nc(-c2cccc(-c3cccc(-c4cc5c(c(OC)n4)[C@H](N4CC6(CN(C(C)=O)C6)C4)CC5)c3F)c2Cl)cc2c1C(N1CC3(CN(C(C)=O)C3)C1)CC2. The molecule has 2 aliphatic carbocycles. The Labute approximate surface area is 331 Å². The van der Waals surface area contributed by atoms with Crippen molar-refractivity contribution in [2.45, 2.75) is 51.6 Å². The van der Waals surface area contributed by atoms with Crippen LogP contribution in [0, 0.1) is 16.6 Å². The third-order valence-electron chi connectivity index (χ3n) is 13.5. The van der Waals surface area contributed by atoms with Gasteiger partial charge in [0.2, 0.25) is 23.6 Å². The third kappa shape index (κ3) is 5.48. The number of carbonyl (C=O) groups excluding carboxylic acids is 2. The molecule has 4 saturated heterocycles. The molecule has 2 amide bonds. The minimum atomic E-state index is -0.396. The maximum Gasteiger partial charge on any atom is 0.219 e. The van der Waals surface area contributed by atoms with Gasteiger partial charge in [0, 0.05) is 122 Å². The number of likely N-dealkylation sites (tertiary alicyclic amines) is 4. The highest BCUT2D eigenvalue weighted by Gasteiger charge is 2.56. The first-order chi connectivity index (χ1) is 27.0. The summed E-state index contributed by atoms with van der Waals surface area (Å²) in [6.07, 6.45) is 3.70. The molecule has 290 valence electrons. The van der Waals surface area contributed by atoms with Crippen molar-refractivity contribution in [2.24, 2.45) is 10.8 Å². The van der Waals surface area contributed by atoms with E-state index in [1.165, 1.54) is 5.56 Å². The summed E-state index contributed by atoms with van der Waals surface area (Å²) >= 11 is 7.20. The Morgan fingerprint density at radius 1 is 0.679 bits per heavy atom. The Balaban J connectivity index is 0.909. The third-order valence-corrected chi connectivity index (χ3v) is 13.9. The lowest BCUT2D eigenvalue weighted by molar-refractivity contribution is -0.161. The highest BCUT2D eigenvalue weighted by Crippen LogP contribution is 2.52. The van der Waals surface area contributed by atoms with E-state index in [4.69, 9.17) is 31.0 Å². The first kappa shape index (κ1) is 35.8. The molecule has 4 fully saturated rings. The molecular formula is C44H46ClFN6O4. The van der Waals surface area contributed by atoms with Gasteiger partial charge in [-0.25, -0.2) is 14.4 Å². The zero-order valence-electron chi connectivity index (χ0n) is 32.3. The Kier molecular flexibility index (Phi) is 8.30. The largest absolute Gasteiger partial charge is 0.481 e. The number of aromatic nitrogens is 2. The summed E-state index contributed by atoms with van der Waals surface area (Å²) in [5, 5.41) is 0.421. The maximum absolute atomic E-state index is 16.8. The molecule has 0 N–H and O–H groups in total. The molecule has 0 radical (unpaired) electrons. The van der Waals surface area contributed by atoms with E-state index in [1.807, 2.05) is 40.1 Å². The number of fused-ring (bicyclic) bond motifs is 2. The van der Waals surface area contributed by atoms with Crippen LogP contribution in [0.4, 0.5) is 4.39 Å². The molecule has 1 unspecified atom stereocenters. The van der Waals surface area contributed by atoms with Crippen LogP contribution in [0.3, 0.4) is 0 Å². The van der Waals surface area contributed by atoms with Crippen molar-refractivity contribution < 1.29 is 23.5 Å². The quantitative estimate of drug-likeness (QED) is 0.208. The molecular weight excluding hydrogens is 731 g/mol. The molecule has 6 aliphatic rings. The molecule has 2 atom stereocenters. The summed E-state index contributed by atoms with van der Waals surface area (Å²) in [4.78, 5) is 42.3. The molecule has 12 heteroatoms. The van der Waals surface area contributed by atoms with Gasteiger partial charge in [0.25, 0.3) is 0 Å². The second-order valence-electron chi connectivity index (χ2n) is 17.2. The number of rotatable bonds is 7. The Morgan fingerprint density at radius 3 is 1.57 bits per heavy atom. The highest BCUT2D eigenvalue weighted by atomic mass is 35.5. The van der Waals surface area contributed by atoms with E-state index in [2.05, 4.69) is 15.9 Å². The van der Waals surface area contributed by atoms with Gasteiger partial charge in [-0.05, 0) is 55.0 Å². The van der Waals surface area contributed by atoms with Crippen molar-refractivity contribution in [3.63, 3.8) is 0 Å². The van der Waals surface area contributed by atoms with E-state index in [0.717, 1.165) is 94.7 Å². The van der Waals surface area contributed by atoms with Crippen molar-refractivity contribution in [1.29, 1.82) is 0 Å². The lowest BCUT2D eigenvalue weighted by Crippen LogP contribution is -2.72. The zero-order chi connectivity index (χ0) is 38.7. The van der Waals surface area contributed by atoms with Gasteiger partial charge in [-0.15, -0.1) is 0 Å². The number of nitrogens with zero attached hydrogens (tertiary/aromatic N) is 6. The van der Waals surface area contributed by atoms with E-state index in [-0.39, 0.29) is 34.7 Å². The number of methoxy groups -OCH3 is 2. The van der Waals surface area contributed by atoms with Crippen LogP contribution in [0.5, 0.6) is 11.8 Å². The molecule has 2 spiro atoms. The molecule has 2 aromatic heterocycles. The van der Waals surface area contributed by atoms with Crippen molar-refractivity contribution in [3.8, 4) is 45.4 Å². The number of amides is 2. The minimum Gasteiger partial charge on any atom is -0.481 e. The number of hydrogen-bond acceptors (Lipinski definition) is 8. The topological polar surface area (TPSA) is 91.3 Å². The van der Waals surface area contributed by atoms with Crippen LogP contribution >= 0.6 is 11.6 Å². The Bertz CT molecular complexity index is 2150. The monoisotopic (exact) mass is 776 g/mol. The normalized spacial score (nSPS) is 22.9. The average molecular weight is 777 g/mol. The lowest BCUT2D eigenvalue weighted by Gasteiger charge is -2.61. The maximum atomic E-state index is 16.8. The van der Waals surface area contributed by atoms with Crippen LogP contribution in [-0.2, 0) is 22.4 Å². The van der Waals surface area contributed by atoms with Crippen molar-refractivity contribution in [3.05, 3.63) is 81.6 Å². The van der Waals surface area contributed by atoms with Gasteiger partial charge in [0.15, 0.2) is 0 Å². The molecule has 0 saturated carbocycles. The molecule has 10 rings (SSSR count). The van der Waals surface area contributed by atoms with Gasteiger partial charge >= 0.3 is 0 Å². The summed E-state index contributed by atoms with van der Waals surface area (Å²) in [6, 6.07) is 15.6. The number of hydrogen-bond donors (Lipinski definition) is 0. The fourth-order valence-electron chi connectivity index (χ4n) is 10.8. The summed E-state index contributed by atoms with van der Waals surface area (Å²) in [6.45, 7) is 10.5. The van der Waals surface area contributed by atoms with E-state index < -0.39 is 5.82 Å². The number of benzene rings is 2. The second kappa shape index (κ2) is 13.0. The highest BCUT2D eigenvalue weighted by molar-refractivity contribution is 6.36. The Hall–Kier alpha value is -4.58. The molecule has 0 bridgehead atoms. The molecule has 2 aromatic carbocycles. The van der Waals surface area contributed by atoms with Gasteiger partial charge in [-0.1, -0.05) is 41.9 Å².